The molecule has 0 unspecified atom stereocenters. The number of phenols is 1. The molecule has 0 aliphatic rings. The summed E-state index contributed by atoms with van der Waals surface area (Å²) in [5, 5.41) is 14.7. The Kier molecular flexibility index (Phi) is 5.54. The molecule has 0 atom stereocenters. The number of aromatic hydroxyl groups is 1. The molecule has 0 aliphatic heterocycles. The summed E-state index contributed by atoms with van der Waals surface area (Å²) >= 11 is 12.2. The summed E-state index contributed by atoms with van der Waals surface area (Å²) in [5.41, 5.74) is 0.982. The first-order chi connectivity index (χ1) is 12.9. The molecule has 0 saturated carbocycles. The van der Waals surface area contributed by atoms with E-state index in [1.807, 2.05) is 18.2 Å². The van der Waals surface area contributed by atoms with Crippen molar-refractivity contribution in [1.82, 2.24) is 0 Å². The lowest BCUT2D eigenvalue weighted by Gasteiger charge is -2.12. The largest absolute Gasteiger partial charge is 0.507 e. The van der Waals surface area contributed by atoms with Crippen molar-refractivity contribution in [3.8, 4) is 5.75 Å². The van der Waals surface area contributed by atoms with Gasteiger partial charge in [0.25, 0.3) is 5.91 Å². The van der Waals surface area contributed by atoms with E-state index in [1.54, 1.807) is 25.1 Å². The molecule has 3 aromatic rings. The van der Waals surface area contributed by atoms with Crippen LogP contribution >= 0.6 is 23.2 Å². The van der Waals surface area contributed by atoms with Gasteiger partial charge in [-0.05, 0) is 41.5 Å². The fourth-order valence-corrected chi connectivity index (χ4v) is 3.01. The Bertz CT molecular complexity index is 1050. The Balaban J connectivity index is 1.70. The number of anilines is 1. The average molecular weight is 404 g/mol. The van der Waals surface area contributed by atoms with Crippen molar-refractivity contribution in [1.29, 1.82) is 0 Å². The lowest BCUT2D eigenvalue weighted by molar-refractivity contribution is -0.119. The highest BCUT2D eigenvalue weighted by Gasteiger charge is 2.17. The highest BCUT2D eigenvalue weighted by Crippen LogP contribution is 2.32. The van der Waals surface area contributed by atoms with Crippen LogP contribution in [-0.4, -0.2) is 23.6 Å². The SMILES string of the molecule is Cc1ccc(Cl)c(NC(=O)COC(=O)c2cc3ccccc3cc2O)c1Cl. The molecule has 27 heavy (non-hydrogen) atoms. The van der Waals surface area contributed by atoms with Crippen molar-refractivity contribution in [3.05, 3.63) is 69.7 Å². The lowest BCUT2D eigenvalue weighted by Crippen LogP contribution is -2.21. The van der Waals surface area contributed by atoms with E-state index in [-0.39, 0.29) is 22.0 Å². The zero-order chi connectivity index (χ0) is 19.6. The highest BCUT2D eigenvalue weighted by molar-refractivity contribution is 6.40. The number of nitrogens with one attached hydrogen (secondary N) is 1. The van der Waals surface area contributed by atoms with Gasteiger partial charge in [0.15, 0.2) is 6.61 Å². The fraction of sp³-hybridized carbons (Fsp3) is 0.100. The number of phenolic OH excluding ortho intramolecular Hbond substituents is 1. The number of benzene rings is 3. The minimum Gasteiger partial charge on any atom is -0.507 e. The molecular weight excluding hydrogens is 389 g/mol. The molecule has 138 valence electrons. The van der Waals surface area contributed by atoms with Gasteiger partial charge < -0.3 is 15.2 Å². The number of esters is 1. The molecule has 0 fully saturated rings. The maximum Gasteiger partial charge on any atom is 0.342 e. The number of ether oxygens (including phenoxy) is 1. The number of amides is 1. The molecule has 0 heterocycles. The maximum absolute atomic E-state index is 12.2. The normalized spacial score (nSPS) is 10.6. The zero-order valence-electron chi connectivity index (χ0n) is 14.3. The summed E-state index contributed by atoms with van der Waals surface area (Å²) in [6.45, 7) is 1.22. The minimum absolute atomic E-state index is 0.0203. The summed E-state index contributed by atoms with van der Waals surface area (Å²) in [5.74, 6) is -1.63. The van der Waals surface area contributed by atoms with Gasteiger partial charge >= 0.3 is 5.97 Å². The van der Waals surface area contributed by atoms with Crippen LogP contribution in [0.2, 0.25) is 10.0 Å². The van der Waals surface area contributed by atoms with E-state index in [9.17, 15) is 14.7 Å². The van der Waals surface area contributed by atoms with Crippen LogP contribution in [0.1, 0.15) is 15.9 Å². The van der Waals surface area contributed by atoms with Crippen molar-refractivity contribution in [2.75, 3.05) is 11.9 Å². The Hall–Kier alpha value is -2.76. The molecule has 0 saturated heterocycles. The number of fused-ring (bicyclic) bond motifs is 1. The molecule has 7 heteroatoms. The quantitative estimate of drug-likeness (QED) is 0.603. The summed E-state index contributed by atoms with van der Waals surface area (Å²) < 4.78 is 5.00. The van der Waals surface area contributed by atoms with Crippen LogP contribution < -0.4 is 5.32 Å². The topological polar surface area (TPSA) is 75.6 Å². The predicted molar refractivity (Wildman–Crippen MR) is 106 cm³/mol. The van der Waals surface area contributed by atoms with E-state index < -0.39 is 18.5 Å². The monoisotopic (exact) mass is 403 g/mol. The first kappa shape index (κ1) is 19.0. The van der Waals surface area contributed by atoms with E-state index in [4.69, 9.17) is 27.9 Å². The lowest BCUT2D eigenvalue weighted by atomic mass is 10.1. The van der Waals surface area contributed by atoms with Gasteiger partial charge in [0.1, 0.15) is 11.3 Å². The van der Waals surface area contributed by atoms with Crippen LogP contribution in [0.25, 0.3) is 10.8 Å². The second-order valence-corrected chi connectivity index (χ2v) is 6.68. The third kappa shape index (κ3) is 4.15. The molecule has 3 aromatic carbocycles. The first-order valence-corrected chi connectivity index (χ1v) is 8.75. The van der Waals surface area contributed by atoms with Crippen molar-refractivity contribution < 1.29 is 19.4 Å². The summed E-state index contributed by atoms with van der Waals surface area (Å²) in [6.07, 6.45) is 0. The fourth-order valence-electron chi connectivity index (χ4n) is 2.55. The van der Waals surface area contributed by atoms with Crippen LogP contribution in [0.4, 0.5) is 5.69 Å². The standard InChI is InChI=1S/C20H15Cl2NO4/c1-11-6-7-15(21)19(18(11)22)23-17(25)10-27-20(26)14-8-12-4-2-3-5-13(12)9-16(14)24/h2-9,24H,10H2,1H3,(H,23,25). The summed E-state index contributed by atoms with van der Waals surface area (Å²) in [7, 11) is 0. The molecular formula is C20H15Cl2NO4. The molecule has 0 aliphatic carbocycles. The Labute approximate surface area is 165 Å². The molecule has 5 nitrogen and oxygen atoms in total. The number of hydrogen-bond donors (Lipinski definition) is 2. The van der Waals surface area contributed by atoms with Crippen molar-refractivity contribution in [3.63, 3.8) is 0 Å². The maximum atomic E-state index is 12.2. The van der Waals surface area contributed by atoms with E-state index in [1.165, 1.54) is 12.1 Å². The van der Waals surface area contributed by atoms with Gasteiger partial charge in [0.05, 0.1) is 15.7 Å². The number of aryl methyl sites for hydroxylation is 1. The number of halogens is 2. The summed E-state index contributed by atoms with van der Waals surface area (Å²) in [4.78, 5) is 24.3. The molecule has 0 radical (unpaired) electrons. The predicted octanol–water partition coefficient (Wildman–Crippen LogP) is 4.96. The van der Waals surface area contributed by atoms with Gasteiger partial charge in [0, 0.05) is 0 Å². The van der Waals surface area contributed by atoms with E-state index in [0.29, 0.717) is 5.02 Å². The van der Waals surface area contributed by atoms with E-state index in [0.717, 1.165) is 16.3 Å². The van der Waals surface area contributed by atoms with E-state index >= 15 is 0 Å². The zero-order valence-corrected chi connectivity index (χ0v) is 15.8. The van der Waals surface area contributed by atoms with Gasteiger partial charge in [-0.15, -0.1) is 0 Å². The van der Waals surface area contributed by atoms with Crippen LogP contribution in [-0.2, 0) is 9.53 Å². The number of hydrogen-bond acceptors (Lipinski definition) is 4. The second kappa shape index (κ2) is 7.86. The second-order valence-electron chi connectivity index (χ2n) is 5.89. The minimum atomic E-state index is -0.810. The number of carbonyl (C=O) groups is 2. The van der Waals surface area contributed by atoms with Crippen molar-refractivity contribution in [2.24, 2.45) is 0 Å². The van der Waals surface area contributed by atoms with Crippen LogP contribution in [0, 0.1) is 6.92 Å². The molecule has 0 spiro atoms. The van der Waals surface area contributed by atoms with Gasteiger partial charge in [-0.2, -0.15) is 0 Å². The van der Waals surface area contributed by atoms with Crippen molar-refractivity contribution >= 4 is 51.5 Å². The Morgan fingerprint density at radius 3 is 2.44 bits per heavy atom. The molecule has 0 aromatic heterocycles. The van der Waals surface area contributed by atoms with Gasteiger partial charge in [-0.3, -0.25) is 4.79 Å². The number of rotatable bonds is 4. The Morgan fingerprint density at radius 2 is 1.74 bits per heavy atom. The van der Waals surface area contributed by atoms with E-state index in [2.05, 4.69) is 5.32 Å². The molecule has 0 bridgehead atoms. The average Bonchev–Trinajstić information content (AvgIpc) is 2.65. The van der Waals surface area contributed by atoms with Crippen molar-refractivity contribution in [2.45, 2.75) is 6.92 Å². The van der Waals surface area contributed by atoms with Crippen LogP contribution in [0.5, 0.6) is 5.75 Å². The van der Waals surface area contributed by atoms with Gasteiger partial charge in [-0.25, -0.2) is 4.79 Å². The highest BCUT2D eigenvalue weighted by atomic mass is 35.5. The Morgan fingerprint density at radius 1 is 1.07 bits per heavy atom. The first-order valence-electron chi connectivity index (χ1n) is 8.00. The van der Waals surface area contributed by atoms with Crippen LogP contribution in [0.15, 0.2) is 48.5 Å². The smallest absolute Gasteiger partial charge is 0.342 e. The van der Waals surface area contributed by atoms with Gasteiger partial charge in [0.2, 0.25) is 0 Å². The third-order valence-electron chi connectivity index (χ3n) is 3.97. The molecule has 3 rings (SSSR count). The molecule has 1 amide bonds. The molecule has 2 N–H and O–H groups in total. The summed E-state index contributed by atoms with van der Waals surface area (Å²) in [6, 6.07) is 13.6. The van der Waals surface area contributed by atoms with Crippen LogP contribution in [0.3, 0.4) is 0 Å². The third-order valence-corrected chi connectivity index (χ3v) is 4.77. The number of carbonyl (C=O) groups excluding carboxylic acids is 2. The van der Waals surface area contributed by atoms with Gasteiger partial charge in [-0.1, -0.05) is 53.5 Å².